The van der Waals surface area contributed by atoms with Crippen molar-refractivity contribution in [3.63, 3.8) is 0 Å². The second-order valence-corrected chi connectivity index (χ2v) is 5.04. The Morgan fingerprint density at radius 2 is 1.69 bits per heavy atom. The van der Waals surface area contributed by atoms with Crippen LogP contribution in [0.4, 0.5) is 0 Å². The summed E-state index contributed by atoms with van der Waals surface area (Å²) in [5.74, 6) is -0.379. The lowest BCUT2D eigenvalue weighted by Crippen LogP contribution is -2.43. The van der Waals surface area contributed by atoms with Gasteiger partial charge in [-0.1, -0.05) is 13.8 Å². The third-order valence-electron chi connectivity index (χ3n) is 3.25. The van der Waals surface area contributed by atoms with Crippen LogP contribution in [0.3, 0.4) is 0 Å². The number of rotatable bonds is 0. The molecule has 2 aliphatic rings. The van der Waals surface area contributed by atoms with Crippen LogP contribution in [-0.2, 0) is 9.47 Å². The van der Waals surface area contributed by atoms with Crippen LogP contribution in [0.15, 0.2) is 24.4 Å². The largest absolute Gasteiger partial charge is 0.402 e. The molecule has 0 radical (unpaired) electrons. The molecule has 0 bridgehead atoms. The minimum atomic E-state index is -0.379. The Hall–Kier alpha value is -0.800. The van der Waals surface area contributed by atoms with E-state index in [4.69, 9.17) is 15.2 Å². The molecule has 1 aliphatic carbocycles. The lowest BCUT2D eigenvalue weighted by atomic mass is 9.74. The highest BCUT2D eigenvalue weighted by molar-refractivity contribution is 5.22. The van der Waals surface area contributed by atoms with Gasteiger partial charge >= 0.3 is 0 Å². The Morgan fingerprint density at radius 1 is 1.19 bits per heavy atom. The molecule has 2 rings (SSSR count). The fourth-order valence-corrected chi connectivity index (χ4v) is 2.61. The molecule has 0 atom stereocenters. The number of hydrogen-bond donors (Lipinski definition) is 1. The van der Waals surface area contributed by atoms with Crippen molar-refractivity contribution in [2.24, 2.45) is 11.1 Å². The summed E-state index contributed by atoms with van der Waals surface area (Å²) in [6.07, 6.45) is 1.69. The molecule has 0 saturated carbocycles. The van der Waals surface area contributed by atoms with Crippen LogP contribution in [0.5, 0.6) is 0 Å². The van der Waals surface area contributed by atoms with E-state index in [1.165, 1.54) is 5.57 Å². The maximum atomic E-state index is 6.08. The number of ether oxygens (including phenoxy) is 2. The van der Waals surface area contributed by atoms with E-state index in [1.807, 2.05) is 0 Å². The maximum absolute atomic E-state index is 6.08. The van der Waals surface area contributed by atoms with E-state index in [0.717, 1.165) is 18.5 Å². The van der Waals surface area contributed by atoms with Gasteiger partial charge in [0.05, 0.1) is 13.2 Å². The van der Waals surface area contributed by atoms with Crippen LogP contribution in [0.2, 0.25) is 0 Å². The highest BCUT2D eigenvalue weighted by Gasteiger charge is 2.46. The highest BCUT2D eigenvalue weighted by atomic mass is 16.7. The Morgan fingerprint density at radius 3 is 2.12 bits per heavy atom. The van der Waals surface area contributed by atoms with E-state index >= 15 is 0 Å². The summed E-state index contributed by atoms with van der Waals surface area (Å²) in [6.45, 7) is 13.8. The number of nitrogens with two attached hydrogens (primary N) is 1. The third kappa shape index (κ3) is 2.30. The van der Waals surface area contributed by atoms with Crippen LogP contribution in [0, 0.1) is 5.41 Å². The van der Waals surface area contributed by atoms with Gasteiger partial charge in [0.15, 0.2) is 5.79 Å². The predicted molar refractivity (Wildman–Crippen MR) is 65.8 cm³/mol. The molecule has 0 aromatic heterocycles. The molecular weight excluding hydrogens is 202 g/mol. The van der Waals surface area contributed by atoms with Crippen LogP contribution >= 0.6 is 0 Å². The molecule has 0 amide bonds. The van der Waals surface area contributed by atoms with Gasteiger partial charge in [-0.2, -0.15) is 0 Å². The van der Waals surface area contributed by atoms with Gasteiger partial charge in [-0.25, -0.2) is 0 Å². The minimum absolute atomic E-state index is 0.00727. The van der Waals surface area contributed by atoms with Crippen molar-refractivity contribution in [2.45, 2.75) is 39.4 Å². The standard InChI is InChI=1S/C11H19NO2.C2H4/c1-8-6-11(13-4-5-14-11)7-10(2,3)9(8)12;1-2/h4-7,12H2,1-3H3;1-2H2. The maximum Gasteiger partial charge on any atom is 0.173 e. The van der Waals surface area contributed by atoms with Crippen LogP contribution in [-0.4, -0.2) is 19.0 Å². The SMILES string of the molecule is C=C.CC1=C(N)C(C)(C)CC2(C1)OCCO2. The zero-order valence-corrected chi connectivity index (χ0v) is 10.6. The number of hydrogen-bond acceptors (Lipinski definition) is 3. The van der Waals surface area contributed by atoms with Crippen molar-refractivity contribution in [2.75, 3.05) is 13.2 Å². The van der Waals surface area contributed by atoms with Crippen molar-refractivity contribution < 1.29 is 9.47 Å². The molecule has 0 aromatic carbocycles. The molecule has 1 heterocycles. The topological polar surface area (TPSA) is 44.5 Å². The Kier molecular flexibility index (Phi) is 3.81. The molecule has 2 N–H and O–H groups in total. The normalized spacial score (nSPS) is 26.4. The van der Waals surface area contributed by atoms with Gasteiger partial charge in [-0.15, -0.1) is 13.2 Å². The van der Waals surface area contributed by atoms with Crippen LogP contribution in [0.25, 0.3) is 0 Å². The second-order valence-electron chi connectivity index (χ2n) is 5.04. The molecule has 92 valence electrons. The van der Waals surface area contributed by atoms with Crippen molar-refractivity contribution in [3.05, 3.63) is 24.4 Å². The van der Waals surface area contributed by atoms with Crippen molar-refractivity contribution in [1.82, 2.24) is 0 Å². The van der Waals surface area contributed by atoms with E-state index < -0.39 is 0 Å². The summed E-state index contributed by atoms with van der Waals surface area (Å²) >= 11 is 0. The quantitative estimate of drug-likeness (QED) is 0.644. The van der Waals surface area contributed by atoms with Crippen molar-refractivity contribution in [3.8, 4) is 0 Å². The predicted octanol–water partition coefficient (Wildman–Crippen LogP) is 2.58. The van der Waals surface area contributed by atoms with Gasteiger partial charge in [0, 0.05) is 24.0 Å². The minimum Gasteiger partial charge on any atom is -0.402 e. The molecule has 1 aliphatic heterocycles. The molecule has 0 unspecified atom stereocenters. The Bertz CT molecular complexity index is 288. The van der Waals surface area contributed by atoms with E-state index in [9.17, 15) is 0 Å². The summed E-state index contributed by atoms with van der Waals surface area (Å²) in [4.78, 5) is 0. The highest BCUT2D eigenvalue weighted by Crippen LogP contribution is 2.46. The summed E-state index contributed by atoms with van der Waals surface area (Å²) in [5.41, 5.74) is 8.28. The van der Waals surface area contributed by atoms with E-state index in [-0.39, 0.29) is 11.2 Å². The zero-order chi connectivity index (χ0) is 12.4. The molecule has 1 spiro atoms. The first kappa shape index (κ1) is 13.3. The lowest BCUT2D eigenvalue weighted by Gasteiger charge is -2.41. The molecule has 3 nitrogen and oxygen atoms in total. The van der Waals surface area contributed by atoms with Gasteiger partial charge in [0.25, 0.3) is 0 Å². The van der Waals surface area contributed by atoms with E-state index in [1.54, 1.807) is 0 Å². The molecule has 16 heavy (non-hydrogen) atoms. The van der Waals surface area contributed by atoms with E-state index in [0.29, 0.717) is 13.2 Å². The lowest BCUT2D eigenvalue weighted by molar-refractivity contribution is -0.179. The molecule has 3 heteroatoms. The van der Waals surface area contributed by atoms with Gasteiger partial charge in [-0.3, -0.25) is 0 Å². The van der Waals surface area contributed by atoms with Crippen molar-refractivity contribution in [1.29, 1.82) is 0 Å². The monoisotopic (exact) mass is 225 g/mol. The third-order valence-corrected chi connectivity index (χ3v) is 3.25. The molecule has 1 fully saturated rings. The smallest absolute Gasteiger partial charge is 0.173 e. The Balaban J connectivity index is 0.000000606. The molecular formula is C13H23NO2. The molecule has 0 aromatic rings. The summed E-state index contributed by atoms with van der Waals surface area (Å²) in [7, 11) is 0. The van der Waals surface area contributed by atoms with Gasteiger partial charge < -0.3 is 15.2 Å². The zero-order valence-electron chi connectivity index (χ0n) is 10.6. The summed E-state index contributed by atoms with van der Waals surface area (Å²) < 4.78 is 11.4. The van der Waals surface area contributed by atoms with Crippen LogP contribution in [0.1, 0.15) is 33.6 Å². The average molecular weight is 225 g/mol. The number of allylic oxidation sites excluding steroid dienone is 1. The average Bonchev–Trinajstić information content (AvgIpc) is 2.65. The summed E-state index contributed by atoms with van der Waals surface area (Å²) in [5, 5.41) is 0. The van der Waals surface area contributed by atoms with Gasteiger partial charge in [0.2, 0.25) is 0 Å². The fraction of sp³-hybridized carbons (Fsp3) is 0.692. The van der Waals surface area contributed by atoms with Crippen molar-refractivity contribution >= 4 is 0 Å². The Labute approximate surface area is 98.3 Å². The fourth-order valence-electron chi connectivity index (χ4n) is 2.61. The van der Waals surface area contributed by atoms with Crippen LogP contribution < -0.4 is 5.73 Å². The van der Waals surface area contributed by atoms with Gasteiger partial charge in [0.1, 0.15) is 0 Å². The molecule has 1 saturated heterocycles. The van der Waals surface area contributed by atoms with E-state index in [2.05, 4.69) is 33.9 Å². The second kappa shape index (κ2) is 4.60. The summed E-state index contributed by atoms with van der Waals surface area (Å²) in [6, 6.07) is 0. The van der Waals surface area contributed by atoms with Gasteiger partial charge in [-0.05, 0) is 12.5 Å². The first-order valence-corrected chi connectivity index (χ1v) is 5.69. The first-order chi connectivity index (χ1) is 7.45. The first-order valence-electron chi connectivity index (χ1n) is 5.69.